The van der Waals surface area contributed by atoms with Gasteiger partial charge in [-0.1, -0.05) is 0 Å². The Morgan fingerprint density at radius 2 is 1.81 bits per heavy atom. The van der Waals surface area contributed by atoms with Gasteiger partial charge < -0.3 is 14.4 Å². The number of carbonyl (C=O) groups is 2. The van der Waals surface area contributed by atoms with Crippen molar-refractivity contribution in [3.63, 3.8) is 0 Å². The van der Waals surface area contributed by atoms with Crippen LogP contribution in [0.5, 0.6) is 0 Å². The lowest BCUT2D eigenvalue weighted by Gasteiger charge is -2.33. The second-order valence-electron chi connectivity index (χ2n) is 6.05. The van der Waals surface area contributed by atoms with Crippen LogP contribution in [0, 0.1) is 0 Å². The molecule has 21 heavy (non-hydrogen) atoms. The molecular formula is C14H26N2O5. The maximum atomic E-state index is 11.9. The molecule has 0 aromatic carbocycles. The standard InChI is InChI=1S/C14H26N2O5/c1-14(2,3)21-13(18)16-8-6-11(7-9-16)20-10-12(17)15(4)19-5/h11H,6-10H2,1-5H3. The number of hydroxylamine groups is 2. The van der Waals surface area contributed by atoms with Crippen LogP contribution in [0.1, 0.15) is 33.6 Å². The number of hydrogen-bond acceptors (Lipinski definition) is 5. The minimum atomic E-state index is -0.485. The van der Waals surface area contributed by atoms with Gasteiger partial charge in [0.25, 0.3) is 5.91 Å². The zero-order valence-corrected chi connectivity index (χ0v) is 13.5. The van der Waals surface area contributed by atoms with Gasteiger partial charge in [-0.15, -0.1) is 0 Å². The first-order valence-electron chi connectivity index (χ1n) is 7.13. The van der Waals surface area contributed by atoms with Crippen molar-refractivity contribution in [1.29, 1.82) is 0 Å². The predicted molar refractivity (Wildman–Crippen MR) is 76.6 cm³/mol. The summed E-state index contributed by atoms with van der Waals surface area (Å²) in [4.78, 5) is 29.9. The van der Waals surface area contributed by atoms with Crippen LogP contribution in [-0.2, 0) is 19.1 Å². The van der Waals surface area contributed by atoms with Gasteiger partial charge in [0.05, 0.1) is 13.2 Å². The molecule has 0 bridgehead atoms. The molecule has 1 saturated heterocycles. The van der Waals surface area contributed by atoms with Crippen molar-refractivity contribution in [3.8, 4) is 0 Å². The third-order valence-electron chi connectivity index (χ3n) is 3.16. The Kier molecular flexibility index (Phi) is 6.42. The zero-order chi connectivity index (χ0) is 16.0. The molecule has 0 saturated carbocycles. The molecule has 1 fully saturated rings. The molecule has 0 aromatic heterocycles. The maximum absolute atomic E-state index is 11.9. The van der Waals surface area contributed by atoms with E-state index in [1.807, 2.05) is 20.8 Å². The molecular weight excluding hydrogens is 276 g/mol. The first kappa shape index (κ1) is 17.7. The van der Waals surface area contributed by atoms with Crippen molar-refractivity contribution in [2.75, 3.05) is 33.9 Å². The molecule has 0 aromatic rings. The average molecular weight is 302 g/mol. The third-order valence-corrected chi connectivity index (χ3v) is 3.16. The smallest absolute Gasteiger partial charge is 0.410 e. The number of ether oxygens (including phenoxy) is 2. The summed E-state index contributed by atoms with van der Waals surface area (Å²) in [7, 11) is 2.97. The molecule has 1 rings (SSSR count). The molecule has 122 valence electrons. The molecule has 0 unspecified atom stereocenters. The largest absolute Gasteiger partial charge is 0.444 e. The monoisotopic (exact) mass is 302 g/mol. The van der Waals surface area contributed by atoms with Gasteiger partial charge in [0.15, 0.2) is 0 Å². The van der Waals surface area contributed by atoms with Crippen LogP contribution in [0.15, 0.2) is 0 Å². The van der Waals surface area contributed by atoms with Crippen molar-refractivity contribution >= 4 is 12.0 Å². The summed E-state index contributed by atoms with van der Waals surface area (Å²) in [5, 5.41) is 1.13. The molecule has 1 heterocycles. The first-order chi connectivity index (χ1) is 9.73. The number of likely N-dealkylation sites (tertiary alicyclic amines) is 1. The molecule has 1 aliphatic rings. The van der Waals surface area contributed by atoms with Crippen molar-refractivity contribution < 1.29 is 23.9 Å². The van der Waals surface area contributed by atoms with E-state index in [-0.39, 0.29) is 24.7 Å². The van der Waals surface area contributed by atoms with Crippen LogP contribution in [0.3, 0.4) is 0 Å². The van der Waals surface area contributed by atoms with Gasteiger partial charge in [0.1, 0.15) is 12.2 Å². The van der Waals surface area contributed by atoms with Gasteiger partial charge in [0.2, 0.25) is 0 Å². The number of hydrogen-bond donors (Lipinski definition) is 0. The lowest BCUT2D eigenvalue weighted by atomic mass is 10.1. The average Bonchev–Trinajstić information content (AvgIpc) is 2.42. The Morgan fingerprint density at radius 3 is 2.29 bits per heavy atom. The van der Waals surface area contributed by atoms with Gasteiger partial charge in [-0.2, -0.15) is 0 Å². The minimum absolute atomic E-state index is 0.0125. The normalized spacial score (nSPS) is 16.7. The Morgan fingerprint density at radius 1 is 1.24 bits per heavy atom. The summed E-state index contributed by atoms with van der Waals surface area (Å²) in [5.41, 5.74) is -0.485. The van der Waals surface area contributed by atoms with Crippen molar-refractivity contribution in [2.45, 2.75) is 45.3 Å². The topological polar surface area (TPSA) is 68.3 Å². The minimum Gasteiger partial charge on any atom is -0.444 e. The van der Waals surface area contributed by atoms with E-state index in [9.17, 15) is 9.59 Å². The number of rotatable bonds is 4. The molecule has 7 heteroatoms. The maximum Gasteiger partial charge on any atom is 0.410 e. The van der Waals surface area contributed by atoms with E-state index in [1.54, 1.807) is 4.90 Å². The van der Waals surface area contributed by atoms with E-state index in [1.165, 1.54) is 14.2 Å². The van der Waals surface area contributed by atoms with Crippen LogP contribution in [0.4, 0.5) is 4.79 Å². The van der Waals surface area contributed by atoms with Crippen molar-refractivity contribution in [3.05, 3.63) is 0 Å². The van der Waals surface area contributed by atoms with Crippen LogP contribution in [0.25, 0.3) is 0 Å². The van der Waals surface area contributed by atoms with Gasteiger partial charge in [-0.05, 0) is 33.6 Å². The highest BCUT2D eigenvalue weighted by Crippen LogP contribution is 2.17. The summed E-state index contributed by atoms with van der Waals surface area (Å²) < 4.78 is 10.9. The van der Waals surface area contributed by atoms with Crippen LogP contribution in [0.2, 0.25) is 0 Å². The van der Waals surface area contributed by atoms with Gasteiger partial charge in [-0.25, -0.2) is 9.86 Å². The SMILES string of the molecule is CON(C)C(=O)COC1CCN(C(=O)OC(C)(C)C)CC1. The van der Waals surface area contributed by atoms with E-state index < -0.39 is 5.60 Å². The fourth-order valence-electron chi connectivity index (χ4n) is 1.91. The van der Waals surface area contributed by atoms with Gasteiger partial charge in [0, 0.05) is 20.1 Å². The summed E-state index contributed by atoms with van der Waals surface area (Å²) in [5.74, 6) is -0.230. The van der Waals surface area contributed by atoms with E-state index in [0.29, 0.717) is 25.9 Å². The zero-order valence-electron chi connectivity index (χ0n) is 13.5. The van der Waals surface area contributed by atoms with Crippen molar-refractivity contribution in [2.24, 2.45) is 0 Å². The number of likely N-dealkylation sites (N-methyl/N-ethyl adjacent to an activating group) is 1. The number of nitrogens with zero attached hydrogens (tertiary/aromatic N) is 2. The fourth-order valence-corrected chi connectivity index (χ4v) is 1.91. The Bertz CT molecular complexity index is 359. The van der Waals surface area contributed by atoms with E-state index >= 15 is 0 Å². The summed E-state index contributed by atoms with van der Waals surface area (Å²) in [6.07, 6.45) is 1.08. The third kappa shape index (κ3) is 6.31. The predicted octanol–water partition coefficient (Wildman–Crippen LogP) is 1.42. The van der Waals surface area contributed by atoms with Crippen molar-refractivity contribution in [1.82, 2.24) is 9.96 Å². The lowest BCUT2D eigenvalue weighted by molar-refractivity contribution is -0.175. The molecule has 0 radical (unpaired) electrons. The van der Waals surface area contributed by atoms with E-state index in [4.69, 9.17) is 14.3 Å². The molecule has 0 atom stereocenters. The van der Waals surface area contributed by atoms with Crippen LogP contribution >= 0.6 is 0 Å². The number of amides is 2. The van der Waals surface area contributed by atoms with E-state index in [2.05, 4.69) is 0 Å². The van der Waals surface area contributed by atoms with Crippen LogP contribution < -0.4 is 0 Å². The van der Waals surface area contributed by atoms with Gasteiger partial charge >= 0.3 is 6.09 Å². The van der Waals surface area contributed by atoms with E-state index in [0.717, 1.165) is 5.06 Å². The second-order valence-corrected chi connectivity index (χ2v) is 6.05. The lowest BCUT2D eigenvalue weighted by Crippen LogP contribution is -2.44. The highest BCUT2D eigenvalue weighted by Gasteiger charge is 2.27. The Hall–Kier alpha value is -1.34. The second kappa shape index (κ2) is 7.61. The van der Waals surface area contributed by atoms with Gasteiger partial charge in [-0.3, -0.25) is 9.63 Å². The molecule has 2 amide bonds. The Labute approximate surface area is 126 Å². The molecule has 7 nitrogen and oxygen atoms in total. The molecule has 1 aliphatic heterocycles. The molecule has 0 spiro atoms. The highest BCUT2D eigenvalue weighted by molar-refractivity contribution is 5.76. The fraction of sp³-hybridized carbons (Fsp3) is 0.857. The quantitative estimate of drug-likeness (QED) is 0.735. The highest BCUT2D eigenvalue weighted by atomic mass is 16.7. The molecule has 0 N–H and O–H groups in total. The number of carbonyl (C=O) groups excluding carboxylic acids is 2. The van der Waals surface area contributed by atoms with Crippen LogP contribution in [-0.4, -0.2) is 67.5 Å². The first-order valence-corrected chi connectivity index (χ1v) is 7.13. The summed E-state index contributed by atoms with van der Waals surface area (Å²) in [6, 6.07) is 0. The Balaban J connectivity index is 2.29. The summed E-state index contributed by atoms with van der Waals surface area (Å²) >= 11 is 0. The molecule has 0 aliphatic carbocycles. The number of piperidine rings is 1. The summed E-state index contributed by atoms with van der Waals surface area (Å²) in [6.45, 7) is 6.68.